The van der Waals surface area contributed by atoms with Gasteiger partial charge in [0.25, 0.3) is 0 Å². The highest BCUT2D eigenvalue weighted by Crippen LogP contribution is 2.21. The number of aryl methyl sites for hydroxylation is 1. The molecule has 2 N–H and O–H groups in total. The summed E-state index contributed by atoms with van der Waals surface area (Å²) in [5.41, 5.74) is 7.31. The fourth-order valence-corrected chi connectivity index (χ4v) is 1.61. The zero-order valence-electron chi connectivity index (χ0n) is 10.7. The van der Waals surface area contributed by atoms with E-state index in [1.54, 1.807) is 12.4 Å². The predicted octanol–water partition coefficient (Wildman–Crippen LogP) is 1.08. The molecule has 0 saturated heterocycles. The maximum atomic E-state index is 10.7. The molecule has 2 aromatic rings. The molecule has 0 aliphatic carbocycles. The molecule has 0 bridgehead atoms. The molecule has 1 amide bonds. The number of aromatic nitrogens is 3. The van der Waals surface area contributed by atoms with Crippen molar-refractivity contribution in [2.24, 2.45) is 5.73 Å². The van der Waals surface area contributed by atoms with Gasteiger partial charge in [0.15, 0.2) is 0 Å². The highest BCUT2D eigenvalue weighted by molar-refractivity contribution is 5.90. The monoisotopic (exact) mass is 258 g/mol. The van der Waals surface area contributed by atoms with Crippen LogP contribution < -0.4 is 10.5 Å². The summed E-state index contributed by atoms with van der Waals surface area (Å²) in [6.07, 6.45) is 6.35. The summed E-state index contributed by atoms with van der Waals surface area (Å²) in [7, 11) is 1.54. The first-order valence-electron chi connectivity index (χ1n) is 5.63. The molecule has 6 heteroatoms. The Labute approximate surface area is 110 Å². The minimum absolute atomic E-state index is 0.448. The van der Waals surface area contributed by atoms with Gasteiger partial charge >= 0.3 is 0 Å². The lowest BCUT2D eigenvalue weighted by Gasteiger charge is -2.08. The number of pyridine rings is 1. The van der Waals surface area contributed by atoms with Crippen LogP contribution in [-0.4, -0.2) is 27.6 Å². The third-order valence-electron chi connectivity index (χ3n) is 2.46. The third kappa shape index (κ3) is 2.98. The number of primary amides is 1. The summed E-state index contributed by atoms with van der Waals surface area (Å²) in [5.74, 6) is -0.0703. The number of hydrogen-bond donors (Lipinski definition) is 1. The fraction of sp³-hybridized carbons (Fsp3) is 0.154. The molecule has 0 unspecified atom stereocenters. The number of carbonyl (C=O) groups excluding carboxylic acids is 1. The minimum Gasteiger partial charge on any atom is -0.479 e. The van der Waals surface area contributed by atoms with E-state index in [4.69, 9.17) is 10.5 Å². The second-order valence-corrected chi connectivity index (χ2v) is 3.92. The van der Waals surface area contributed by atoms with Crippen LogP contribution in [-0.2, 0) is 4.79 Å². The average Bonchev–Trinajstić information content (AvgIpc) is 2.82. The summed E-state index contributed by atoms with van der Waals surface area (Å²) in [6.45, 7) is 1.90. The van der Waals surface area contributed by atoms with Gasteiger partial charge in [-0.15, -0.1) is 0 Å². The van der Waals surface area contributed by atoms with Crippen molar-refractivity contribution >= 4 is 12.0 Å². The molecule has 0 aliphatic heterocycles. The molecule has 0 aliphatic rings. The molecule has 0 aromatic carbocycles. The molecular formula is C13H14N4O2. The van der Waals surface area contributed by atoms with Crippen molar-refractivity contribution in [1.82, 2.24) is 14.5 Å². The smallest absolute Gasteiger partial charge is 0.241 e. The SMILES string of the molecule is COc1nc(/C=C/C(N)=O)ccc1-n1cnc(C)c1. The molecule has 2 rings (SSSR count). The van der Waals surface area contributed by atoms with Crippen LogP contribution in [0.4, 0.5) is 0 Å². The normalized spacial score (nSPS) is 10.8. The Bertz CT molecular complexity index is 631. The van der Waals surface area contributed by atoms with Gasteiger partial charge in [-0.1, -0.05) is 0 Å². The number of hydrogen-bond acceptors (Lipinski definition) is 4. The number of imidazole rings is 1. The maximum absolute atomic E-state index is 10.7. The van der Waals surface area contributed by atoms with Gasteiger partial charge in [0.2, 0.25) is 11.8 Å². The zero-order valence-corrected chi connectivity index (χ0v) is 10.7. The second-order valence-electron chi connectivity index (χ2n) is 3.92. The summed E-state index contributed by atoms with van der Waals surface area (Å²) >= 11 is 0. The summed E-state index contributed by atoms with van der Waals surface area (Å²) < 4.78 is 7.07. The van der Waals surface area contributed by atoms with Crippen LogP contribution in [0.1, 0.15) is 11.4 Å². The molecule has 0 atom stereocenters. The maximum Gasteiger partial charge on any atom is 0.241 e. The van der Waals surface area contributed by atoms with Gasteiger partial charge in [-0.2, -0.15) is 0 Å². The number of rotatable bonds is 4. The average molecular weight is 258 g/mol. The standard InChI is InChI=1S/C13H14N4O2/c1-9-7-17(8-15-9)11-5-3-10(4-6-12(14)18)16-13(11)19-2/h3-8H,1-2H3,(H2,14,18)/b6-4+. The van der Waals surface area contributed by atoms with Gasteiger partial charge in [-0.25, -0.2) is 9.97 Å². The van der Waals surface area contributed by atoms with Gasteiger partial charge < -0.3 is 15.0 Å². The first-order valence-corrected chi connectivity index (χ1v) is 5.63. The van der Waals surface area contributed by atoms with Crippen LogP contribution >= 0.6 is 0 Å². The van der Waals surface area contributed by atoms with Crippen LogP contribution in [0.2, 0.25) is 0 Å². The van der Waals surface area contributed by atoms with Crippen LogP contribution in [0, 0.1) is 6.92 Å². The molecule has 0 saturated carbocycles. The van der Waals surface area contributed by atoms with E-state index in [1.165, 1.54) is 19.3 Å². The first kappa shape index (κ1) is 12.8. The largest absolute Gasteiger partial charge is 0.479 e. The number of amides is 1. The predicted molar refractivity (Wildman–Crippen MR) is 70.9 cm³/mol. The second kappa shape index (κ2) is 5.34. The Morgan fingerprint density at radius 2 is 2.26 bits per heavy atom. The Balaban J connectivity index is 2.39. The molecule has 2 heterocycles. The minimum atomic E-state index is -0.518. The number of nitrogens with zero attached hydrogens (tertiary/aromatic N) is 3. The summed E-state index contributed by atoms with van der Waals surface area (Å²) in [6, 6.07) is 3.61. The van der Waals surface area contributed by atoms with E-state index < -0.39 is 5.91 Å². The Hall–Kier alpha value is -2.63. The lowest BCUT2D eigenvalue weighted by Crippen LogP contribution is -2.05. The molecular weight excluding hydrogens is 244 g/mol. The van der Waals surface area contributed by atoms with Crippen LogP contribution in [0.3, 0.4) is 0 Å². The highest BCUT2D eigenvalue weighted by Gasteiger charge is 2.07. The number of nitrogens with two attached hydrogens (primary N) is 1. The van der Waals surface area contributed by atoms with E-state index in [1.807, 2.05) is 23.8 Å². The lowest BCUT2D eigenvalue weighted by molar-refractivity contribution is -0.113. The van der Waals surface area contributed by atoms with Crippen molar-refractivity contribution < 1.29 is 9.53 Å². The van der Waals surface area contributed by atoms with E-state index >= 15 is 0 Å². The molecule has 0 fully saturated rings. The molecule has 6 nitrogen and oxygen atoms in total. The van der Waals surface area contributed by atoms with E-state index in [9.17, 15) is 4.79 Å². The highest BCUT2D eigenvalue weighted by atomic mass is 16.5. The molecule has 0 radical (unpaired) electrons. The Morgan fingerprint density at radius 1 is 1.47 bits per heavy atom. The first-order chi connectivity index (χ1) is 9.10. The Kier molecular flexibility index (Phi) is 3.61. The Morgan fingerprint density at radius 3 is 2.84 bits per heavy atom. The van der Waals surface area contributed by atoms with Gasteiger partial charge in [0.05, 0.1) is 24.8 Å². The number of methoxy groups -OCH3 is 1. The van der Waals surface area contributed by atoms with Gasteiger partial charge in [-0.05, 0) is 25.1 Å². The number of carbonyl (C=O) groups is 1. The van der Waals surface area contributed by atoms with Gasteiger partial charge in [0.1, 0.15) is 5.69 Å². The summed E-state index contributed by atoms with van der Waals surface area (Å²) in [4.78, 5) is 19.1. The molecule has 2 aromatic heterocycles. The lowest BCUT2D eigenvalue weighted by atomic mass is 10.3. The third-order valence-corrected chi connectivity index (χ3v) is 2.46. The topological polar surface area (TPSA) is 83.0 Å². The van der Waals surface area contributed by atoms with E-state index in [0.29, 0.717) is 11.6 Å². The van der Waals surface area contributed by atoms with Crippen LogP contribution in [0.25, 0.3) is 11.8 Å². The van der Waals surface area contributed by atoms with E-state index in [0.717, 1.165) is 11.4 Å². The van der Waals surface area contributed by atoms with Crippen molar-refractivity contribution in [1.29, 1.82) is 0 Å². The van der Waals surface area contributed by atoms with Crippen molar-refractivity contribution in [2.75, 3.05) is 7.11 Å². The molecule has 19 heavy (non-hydrogen) atoms. The van der Waals surface area contributed by atoms with Crippen molar-refractivity contribution in [3.05, 3.63) is 42.1 Å². The van der Waals surface area contributed by atoms with Crippen molar-refractivity contribution in [3.63, 3.8) is 0 Å². The summed E-state index contributed by atoms with van der Waals surface area (Å²) in [5, 5.41) is 0. The fourth-order valence-electron chi connectivity index (χ4n) is 1.61. The van der Waals surface area contributed by atoms with Crippen molar-refractivity contribution in [2.45, 2.75) is 6.92 Å². The van der Waals surface area contributed by atoms with E-state index in [-0.39, 0.29) is 0 Å². The quantitative estimate of drug-likeness (QED) is 0.832. The zero-order chi connectivity index (χ0) is 13.8. The van der Waals surface area contributed by atoms with Gasteiger partial charge in [0, 0.05) is 12.3 Å². The van der Waals surface area contributed by atoms with Crippen LogP contribution in [0.15, 0.2) is 30.7 Å². The van der Waals surface area contributed by atoms with Crippen molar-refractivity contribution in [3.8, 4) is 11.6 Å². The van der Waals surface area contributed by atoms with Gasteiger partial charge in [-0.3, -0.25) is 4.79 Å². The van der Waals surface area contributed by atoms with E-state index in [2.05, 4.69) is 9.97 Å². The molecule has 0 spiro atoms. The number of ether oxygens (including phenoxy) is 1. The molecule has 98 valence electrons. The van der Waals surface area contributed by atoms with Crippen LogP contribution in [0.5, 0.6) is 5.88 Å².